The minimum atomic E-state index is -0.664. The molecule has 1 unspecified atom stereocenters. The molecule has 5 nitrogen and oxygen atoms in total. The van der Waals surface area contributed by atoms with Gasteiger partial charge in [0, 0.05) is 0 Å². The highest BCUT2D eigenvalue weighted by Gasteiger charge is 2.24. The third-order valence-electron chi connectivity index (χ3n) is 3.68. The Morgan fingerprint density at radius 1 is 1.00 bits per heavy atom. The van der Waals surface area contributed by atoms with Gasteiger partial charge < -0.3 is 20.5 Å². The smallest absolute Gasteiger partial charge is 0.408 e. The van der Waals surface area contributed by atoms with Crippen LogP contribution in [0.15, 0.2) is 60.7 Å². The van der Waals surface area contributed by atoms with Crippen molar-refractivity contribution >= 4 is 6.09 Å². The Bertz CT molecular complexity index is 669. The summed E-state index contributed by atoms with van der Waals surface area (Å²) in [6.45, 7) is 5.85. The normalized spacial score (nSPS) is 13.7. The third-order valence-corrected chi connectivity index (χ3v) is 3.68. The minimum absolute atomic E-state index is 0.378. The first-order valence-electron chi connectivity index (χ1n) is 8.78. The second-order valence-electron chi connectivity index (χ2n) is 7.20. The standard InChI is InChI=1S/C21H28N2O3/c1-21(2,3)26-20(24)23-18(14-16-10-6-4-7-11-16)19(22)25-15-17-12-8-5-9-13-17/h4-13,18-19H,14-15,22H2,1-3H3,(H,23,24)/t18-,19?/m1/s1. The maximum absolute atomic E-state index is 12.2. The lowest BCUT2D eigenvalue weighted by Gasteiger charge is -2.27. The van der Waals surface area contributed by atoms with Crippen molar-refractivity contribution in [1.82, 2.24) is 5.32 Å². The van der Waals surface area contributed by atoms with Gasteiger partial charge in [-0.15, -0.1) is 0 Å². The zero-order chi connectivity index (χ0) is 19.0. The van der Waals surface area contributed by atoms with Crippen LogP contribution < -0.4 is 11.1 Å². The summed E-state index contributed by atoms with van der Waals surface area (Å²) in [4.78, 5) is 12.2. The van der Waals surface area contributed by atoms with Crippen LogP contribution >= 0.6 is 0 Å². The fraction of sp³-hybridized carbons (Fsp3) is 0.381. The molecular weight excluding hydrogens is 328 g/mol. The van der Waals surface area contributed by atoms with Crippen molar-refractivity contribution in [3.05, 3.63) is 71.8 Å². The molecule has 140 valence electrons. The number of amides is 1. The predicted octanol–water partition coefficient (Wildman–Crippen LogP) is 3.62. The maximum atomic E-state index is 12.2. The van der Waals surface area contributed by atoms with Crippen LogP contribution in [-0.2, 0) is 22.5 Å². The molecule has 0 radical (unpaired) electrons. The number of ether oxygens (including phenoxy) is 2. The molecule has 3 N–H and O–H groups in total. The monoisotopic (exact) mass is 356 g/mol. The van der Waals surface area contributed by atoms with Gasteiger partial charge in [-0.1, -0.05) is 60.7 Å². The zero-order valence-electron chi connectivity index (χ0n) is 15.6. The van der Waals surface area contributed by atoms with Crippen molar-refractivity contribution in [2.75, 3.05) is 0 Å². The van der Waals surface area contributed by atoms with Crippen molar-refractivity contribution in [2.45, 2.75) is 51.7 Å². The fourth-order valence-corrected chi connectivity index (χ4v) is 2.46. The SMILES string of the molecule is CC(C)(C)OC(=O)N[C@H](Cc1ccccc1)C(N)OCc1ccccc1. The molecular formula is C21H28N2O3. The van der Waals surface area contributed by atoms with Gasteiger partial charge in [-0.05, 0) is 38.3 Å². The van der Waals surface area contributed by atoms with Crippen molar-refractivity contribution in [2.24, 2.45) is 5.73 Å². The van der Waals surface area contributed by atoms with E-state index >= 15 is 0 Å². The van der Waals surface area contributed by atoms with Gasteiger partial charge in [0.05, 0.1) is 12.6 Å². The van der Waals surface area contributed by atoms with Crippen LogP contribution in [0.4, 0.5) is 4.79 Å². The average Bonchev–Trinajstić information content (AvgIpc) is 2.59. The molecule has 2 atom stereocenters. The number of hydrogen-bond acceptors (Lipinski definition) is 4. The Labute approximate surface area is 155 Å². The molecule has 0 saturated heterocycles. The third kappa shape index (κ3) is 7.25. The molecule has 2 aromatic carbocycles. The lowest BCUT2D eigenvalue weighted by atomic mass is 10.0. The first-order valence-corrected chi connectivity index (χ1v) is 8.78. The van der Waals surface area contributed by atoms with E-state index in [4.69, 9.17) is 15.2 Å². The highest BCUT2D eigenvalue weighted by molar-refractivity contribution is 5.68. The van der Waals surface area contributed by atoms with Crippen molar-refractivity contribution in [1.29, 1.82) is 0 Å². The number of carbonyl (C=O) groups excluding carboxylic acids is 1. The summed E-state index contributed by atoms with van der Waals surface area (Å²) in [5.74, 6) is 0. The predicted molar refractivity (Wildman–Crippen MR) is 103 cm³/mol. The number of alkyl carbamates (subject to hydrolysis) is 1. The summed E-state index contributed by atoms with van der Waals surface area (Å²) in [6, 6.07) is 19.2. The van der Waals surface area contributed by atoms with E-state index in [1.165, 1.54) is 0 Å². The van der Waals surface area contributed by atoms with Crippen molar-refractivity contribution in [3.8, 4) is 0 Å². The summed E-state index contributed by atoms with van der Waals surface area (Å²) in [6.07, 6.45) is -0.615. The molecule has 0 heterocycles. The number of nitrogens with one attached hydrogen (secondary N) is 1. The Morgan fingerprint density at radius 2 is 1.54 bits per heavy atom. The lowest BCUT2D eigenvalue weighted by Crippen LogP contribution is -2.51. The fourth-order valence-electron chi connectivity index (χ4n) is 2.46. The molecule has 0 aliphatic carbocycles. The Balaban J connectivity index is 2.02. The van der Waals surface area contributed by atoms with E-state index in [9.17, 15) is 4.79 Å². The Morgan fingerprint density at radius 3 is 2.08 bits per heavy atom. The van der Waals surface area contributed by atoms with Gasteiger partial charge in [-0.3, -0.25) is 0 Å². The molecule has 0 aliphatic heterocycles. The second kappa shape index (κ2) is 9.36. The summed E-state index contributed by atoms with van der Waals surface area (Å²) in [7, 11) is 0. The Kier molecular flexibility index (Phi) is 7.18. The molecule has 26 heavy (non-hydrogen) atoms. The van der Waals surface area contributed by atoms with E-state index < -0.39 is 24.0 Å². The maximum Gasteiger partial charge on any atom is 0.408 e. The Hall–Kier alpha value is -2.37. The minimum Gasteiger partial charge on any atom is -0.444 e. The summed E-state index contributed by atoms with van der Waals surface area (Å²) in [5.41, 5.74) is 7.75. The molecule has 1 amide bonds. The summed E-state index contributed by atoms with van der Waals surface area (Å²) >= 11 is 0. The summed E-state index contributed by atoms with van der Waals surface area (Å²) < 4.78 is 11.2. The number of benzene rings is 2. The molecule has 2 aromatic rings. The molecule has 0 fully saturated rings. The second-order valence-corrected chi connectivity index (χ2v) is 7.20. The largest absolute Gasteiger partial charge is 0.444 e. The number of hydrogen-bond donors (Lipinski definition) is 2. The van der Waals surface area contributed by atoms with Crippen LogP contribution in [0.3, 0.4) is 0 Å². The van der Waals surface area contributed by atoms with Crippen LogP contribution in [0.2, 0.25) is 0 Å². The number of carbonyl (C=O) groups is 1. The van der Waals surface area contributed by atoms with Crippen LogP contribution in [0, 0.1) is 0 Å². The van der Waals surface area contributed by atoms with Crippen LogP contribution in [0.5, 0.6) is 0 Å². The highest BCUT2D eigenvalue weighted by atomic mass is 16.6. The van der Waals surface area contributed by atoms with Gasteiger partial charge in [0.2, 0.25) is 0 Å². The first kappa shape index (κ1) is 19.9. The van der Waals surface area contributed by atoms with E-state index in [1.54, 1.807) is 0 Å². The quantitative estimate of drug-likeness (QED) is 0.743. The van der Waals surface area contributed by atoms with Crippen molar-refractivity contribution in [3.63, 3.8) is 0 Å². The van der Waals surface area contributed by atoms with E-state index in [-0.39, 0.29) is 0 Å². The number of rotatable bonds is 7. The molecule has 5 heteroatoms. The van der Waals surface area contributed by atoms with Gasteiger partial charge >= 0.3 is 6.09 Å². The van der Waals surface area contributed by atoms with E-state index in [0.29, 0.717) is 13.0 Å². The highest BCUT2D eigenvalue weighted by Crippen LogP contribution is 2.11. The van der Waals surface area contributed by atoms with Crippen LogP contribution in [-0.4, -0.2) is 24.0 Å². The van der Waals surface area contributed by atoms with Gasteiger partial charge in [-0.25, -0.2) is 4.79 Å². The topological polar surface area (TPSA) is 73.6 Å². The molecule has 0 aliphatic rings. The molecule has 0 bridgehead atoms. The molecule has 2 rings (SSSR count). The van der Waals surface area contributed by atoms with Gasteiger partial charge in [0.15, 0.2) is 0 Å². The van der Waals surface area contributed by atoms with Crippen molar-refractivity contribution < 1.29 is 14.3 Å². The summed E-state index contributed by atoms with van der Waals surface area (Å²) in [5, 5.41) is 2.85. The van der Waals surface area contributed by atoms with Crippen LogP contribution in [0.25, 0.3) is 0 Å². The van der Waals surface area contributed by atoms with E-state index in [2.05, 4.69) is 5.32 Å². The number of nitrogens with two attached hydrogens (primary N) is 1. The van der Waals surface area contributed by atoms with Crippen LogP contribution in [0.1, 0.15) is 31.9 Å². The van der Waals surface area contributed by atoms with Gasteiger partial charge in [-0.2, -0.15) is 0 Å². The molecule has 0 saturated carbocycles. The zero-order valence-corrected chi connectivity index (χ0v) is 15.6. The average molecular weight is 356 g/mol. The van der Waals surface area contributed by atoms with E-state index in [0.717, 1.165) is 11.1 Å². The lowest BCUT2D eigenvalue weighted by molar-refractivity contribution is 0.00884. The molecule has 0 spiro atoms. The van der Waals surface area contributed by atoms with Gasteiger partial charge in [0.25, 0.3) is 0 Å². The first-order chi connectivity index (χ1) is 12.3. The van der Waals surface area contributed by atoms with E-state index in [1.807, 2.05) is 81.4 Å². The van der Waals surface area contributed by atoms with Gasteiger partial charge in [0.1, 0.15) is 11.8 Å². The molecule has 0 aromatic heterocycles.